The minimum absolute atomic E-state index is 0.291. The van der Waals surface area contributed by atoms with Gasteiger partial charge in [-0.15, -0.1) is 0 Å². The minimum Gasteiger partial charge on any atom is -0.308 e. The molecule has 0 bridgehead atoms. The number of nitrogens with zero attached hydrogens (tertiary/aromatic N) is 3. The summed E-state index contributed by atoms with van der Waals surface area (Å²) in [4.78, 5) is 4.48. The van der Waals surface area contributed by atoms with Gasteiger partial charge in [0.2, 0.25) is 10.0 Å². The molecule has 1 N–H and O–H groups in total. The van der Waals surface area contributed by atoms with E-state index in [0.717, 1.165) is 29.9 Å². The predicted octanol–water partition coefficient (Wildman–Crippen LogP) is 1.40. The first kappa shape index (κ1) is 16.4. The van der Waals surface area contributed by atoms with Crippen molar-refractivity contribution in [2.24, 2.45) is 5.92 Å². The number of imidazole rings is 1. The van der Waals surface area contributed by atoms with E-state index in [9.17, 15) is 8.42 Å². The highest BCUT2D eigenvalue weighted by atomic mass is 32.2. The van der Waals surface area contributed by atoms with E-state index in [1.54, 1.807) is 4.31 Å². The van der Waals surface area contributed by atoms with E-state index in [2.05, 4.69) is 34.6 Å². The fraction of sp³-hybridized carbons (Fsp3) is 0.562. The van der Waals surface area contributed by atoms with Gasteiger partial charge in [0, 0.05) is 31.9 Å². The molecule has 2 aromatic rings. The van der Waals surface area contributed by atoms with E-state index in [1.807, 2.05) is 18.5 Å². The Morgan fingerprint density at radius 1 is 1.43 bits per heavy atom. The van der Waals surface area contributed by atoms with Crippen molar-refractivity contribution in [2.75, 3.05) is 19.3 Å². The van der Waals surface area contributed by atoms with Crippen LogP contribution in [-0.2, 0) is 16.6 Å². The number of nitrogens with one attached hydrogen (secondary N) is 1. The number of fused-ring (bicyclic) bond motifs is 1. The summed E-state index contributed by atoms with van der Waals surface area (Å²) in [5.41, 5.74) is 3.28. The third-order valence-electron chi connectivity index (χ3n) is 4.69. The van der Waals surface area contributed by atoms with Gasteiger partial charge in [0.05, 0.1) is 18.1 Å². The van der Waals surface area contributed by atoms with Crippen LogP contribution in [0.1, 0.15) is 24.6 Å². The Balaban J connectivity index is 1.66. The standard InChI is InChI=1S/C16H24N4O2S/c1-12-5-4-7-20-14(10-18-16(12)20)9-17-15-6-8-19(11-13(15)2)23(3,21)22/h4-5,7,10,13,15,17H,6,8-9,11H2,1-3H3/t13-,15+/m0/s1. The summed E-state index contributed by atoms with van der Waals surface area (Å²) >= 11 is 0. The summed E-state index contributed by atoms with van der Waals surface area (Å²) in [6.07, 6.45) is 6.06. The van der Waals surface area contributed by atoms with Gasteiger partial charge in [-0.2, -0.15) is 0 Å². The summed E-state index contributed by atoms with van der Waals surface area (Å²) in [6, 6.07) is 4.41. The highest BCUT2D eigenvalue weighted by molar-refractivity contribution is 7.88. The van der Waals surface area contributed by atoms with Gasteiger partial charge >= 0.3 is 0 Å². The van der Waals surface area contributed by atoms with Crippen LogP contribution >= 0.6 is 0 Å². The van der Waals surface area contributed by atoms with E-state index in [0.29, 0.717) is 25.0 Å². The summed E-state index contributed by atoms with van der Waals surface area (Å²) in [5.74, 6) is 0.291. The zero-order chi connectivity index (χ0) is 16.6. The molecule has 0 spiro atoms. The molecule has 6 nitrogen and oxygen atoms in total. The zero-order valence-electron chi connectivity index (χ0n) is 13.9. The van der Waals surface area contributed by atoms with Crippen LogP contribution in [0.4, 0.5) is 0 Å². The Bertz CT molecular complexity index is 800. The Morgan fingerprint density at radius 2 is 2.22 bits per heavy atom. The van der Waals surface area contributed by atoms with Crippen molar-refractivity contribution in [3.8, 4) is 0 Å². The van der Waals surface area contributed by atoms with E-state index < -0.39 is 10.0 Å². The number of hydrogen-bond donors (Lipinski definition) is 1. The van der Waals surface area contributed by atoms with Gasteiger partial charge in [0.25, 0.3) is 0 Å². The highest BCUT2D eigenvalue weighted by Gasteiger charge is 2.30. The molecule has 0 radical (unpaired) electrons. The molecule has 23 heavy (non-hydrogen) atoms. The summed E-state index contributed by atoms with van der Waals surface area (Å²) < 4.78 is 27.0. The predicted molar refractivity (Wildman–Crippen MR) is 90.8 cm³/mol. The molecule has 0 amide bonds. The maximum atomic E-state index is 11.7. The van der Waals surface area contributed by atoms with Gasteiger partial charge in [-0.3, -0.25) is 0 Å². The molecule has 1 aliphatic rings. The van der Waals surface area contributed by atoms with Crippen molar-refractivity contribution in [1.29, 1.82) is 0 Å². The Kier molecular flexibility index (Phi) is 4.44. The van der Waals surface area contributed by atoms with Crippen molar-refractivity contribution in [1.82, 2.24) is 19.0 Å². The molecule has 1 aliphatic heterocycles. The largest absolute Gasteiger partial charge is 0.308 e. The van der Waals surface area contributed by atoms with Gasteiger partial charge in [-0.05, 0) is 30.9 Å². The minimum atomic E-state index is -3.08. The first-order valence-corrected chi connectivity index (χ1v) is 9.81. The van der Waals surface area contributed by atoms with Gasteiger partial charge in [-0.1, -0.05) is 13.0 Å². The second-order valence-electron chi connectivity index (χ2n) is 6.51. The average molecular weight is 336 g/mol. The second kappa shape index (κ2) is 6.22. The third-order valence-corrected chi connectivity index (χ3v) is 5.96. The number of aromatic nitrogens is 2. The maximum absolute atomic E-state index is 11.7. The number of aryl methyl sites for hydroxylation is 1. The van der Waals surface area contributed by atoms with Crippen molar-refractivity contribution in [2.45, 2.75) is 32.9 Å². The molecule has 0 aromatic carbocycles. The van der Waals surface area contributed by atoms with Crippen LogP contribution < -0.4 is 5.32 Å². The molecule has 2 aromatic heterocycles. The summed E-state index contributed by atoms with van der Waals surface area (Å²) in [7, 11) is -3.08. The molecule has 3 rings (SSSR count). The number of hydrogen-bond acceptors (Lipinski definition) is 4. The van der Waals surface area contributed by atoms with Crippen molar-refractivity contribution in [3.05, 3.63) is 35.8 Å². The number of rotatable bonds is 4. The Hall–Kier alpha value is -1.44. The monoisotopic (exact) mass is 336 g/mol. The summed E-state index contributed by atoms with van der Waals surface area (Å²) in [6.45, 7) is 6.07. The van der Waals surface area contributed by atoms with Crippen LogP contribution in [0.2, 0.25) is 0 Å². The molecule has 0 unspecified atom stereocenters. The topological polar surface area (TPSA) is 66.7 Å². The molecule has 3 heterocycles. The van der Waals surface area contributed by atoms with Crippen molar-refractivity contribution < 1.29 is 8.42 Å². The van der Waals surface area contributed by atoms with E-state index in [1.165, 1.54) is 6.26 Å². The third kappa shape index (κ3) is 3.41. The van der Waals surface area contributed by atoms with E-state index in [-0.39, 0.29) is 0 Å². The molecule has 2 atom stereocenters. The van der Waals surface area contributed by atoms with Crippen molar-refractivity contribution >= 4 is 15.7 Å². The van der Waals surface area contributed by atoms with Crippen LogP contribution in [0.15, 0.2) is 24.5 Å². The van der Waals surface area contributed by atoms with E-state index >= 15 is 0 Å². The Labute approximate surface area is 137 Å². The smallest absolute Gasteiger partial charge is 0.211 e. The molecule has 0 saturated carbocycles. The van der Waals surface area contributed by atoms with Crippen LogP contribution in [0.25, 0.3) is 5.65 Å². The highest BCUT2D eigenvalue weighted by Crippen LogP contribution is 2.19. The van der Waals surface area contributed by atoms with Gasteiger partial charge in [0.1, 0.15) is 5.65 Å². The van der Waals surface area contributed by atoms with Gasteiger partial charge < -0.3 is 9.72 Å². The number of piperidine rings is 1. The molecule has 1 fully saturated rings. The lowest BCUT2D eigenvalue weighted by atomic mass is 9.95. The van der Waals surface area contributed by atoms with Gasteiger partial charge in [0.15, 0.2) is 0 Å². The molecular weight excluding hydrogens is 312 g/mol. The van der Waals surface area contributed by atoms with Crippen LogP contribution in [0.5, 0.6) is 0 Å². The first-order valence-electron chi connectivity index (χ1n) is 7.96. The number of pyridine rings is 1. The second-order valence-corrected chi connectivity index (χ2v) is 8.49. The summed E-state index contributed by atoms with van der Waals surface area (Å²) in [5, 5.41) is 3.58. The van der Waals surface area contributed by atoms with Crippen LogP contribution in [0.3, 0.4) is 0 Å². The molecule has 0 aliphatic carbocycles. The molecular formula is C16H24N4O2S. The molecule has 126 valence electrons. The normalized spacial score (nSPS) is 23.4. The molecule has 1 saturated heterocycles. The maximum Gasteiger partial charge on any atom is 0.211 e. The van der Waals surface area contributed by atoms with Crippen molar-refractivity contribution in [3.63, 3.8) is 0 Å². The quantitative estimate of drug-likeness (QED) is 0.916. The van der Waals surface area contributed by atoms with Crippen LogP contribution in [-0.4, -0.2) is 47.5 Å². The fourth-order valence-electron chi connectivity index (χ4n) is 3.28. The van der Waals surface area contributed by atoms with E-state index in [4.69, 9.17) is 0 Å². The number of sulfonamides is 1. The fourth-order valence-corrected chi connectivity index (χ4v) is 4.22. The van der Waals surface area contributed by atoms with Gasteiger partial charge in [-0.25, -0.2) is 17.7 Å². The lowest BCUT2D eigenvalue weighted by molar-refractivity contribution is 0.219. The molecule has 7 heteroatoms. The lowest BCUT2D eigenvalue weighted by Crippen LogP contribution is -2.49. The Morgan fingerprint density at radius 3 is 2.91 bits per heavy atom. The zero-order valence-corrected chi connectivity index (χ0v) is 14.7. The lowest BCUT2D eigenvalue weighted by Gasteiger charge is -2.36. The first-order chi connectivity index (χ1) is 10.9. The average Bonchev–Trinajstić information content (AvgIpc) is 2.89. The SMILES string of the molecule is Cc1cccn2c(CN[C@@H]3CCN(S(C)(=O)=O)C[C@@H]3C)cnc12. The van der Waals surface area contributed by atoms with Crippen LogP contribution in [0, 0.1) is 12.8 Å².